The molecule has 1 aromatic rings. The van der Waals surface area contributed by atoms with Gasteiger partial charge in [0.15, 0.2) is 5.96 Å². The monoisotopic (exact) mass is 545 g/mol. The van der Waals surface area contributed by atoms with Crippen LogP contribution in [0, 0.1) is 6.92 Å². The molecule has 0 amide bonds. The van der Waals surface area contributed by atoms with Crippen molar-refractivity contribution in [3.63, 3.8) is 0 Å². The van der Waals surface area contributed by atoms with Crippen molar-refractivity contribution in [1.29, 1.82) is 0 Å². The van der Waals surface area contributed by atoms with Gasteiger partial charge < -0.3 is 25.2 Å². The molecule has 31 heavy (non-hydrogen) atoms. The summed E-state index contributed by atoms with van der Waals surface area (Å²) < 4.78 is 5.93. The molecule has 178 valence electrons. The highest BCUT2D eigenvalue weighted by molar-refractivity contribution is 14.0. The first-order valence-corrected chi connectivity index (χ1v) is 11.9. The number of likely N-dealkylation sites (N-methyl/N-ethyl adjacent to an activating group) is 1. The maximum Gasteiger partial charge on any atom is 0.191 e. The van der Waals surface area contributed by atoms with E-state index in [4.69, 9.17) is 9.73 Å². The van der Waals surface area contributed by atoms with Gasteiger partial charge in [0, 0.05) is 44.8 Å². The number of aryl methyl sites for hydroxylation is 1. The average molecular weight is 546 g/mol. The van der Waals surface area contributed by atoms with Crippen molar-refractivity contribution >= 4 is 29.9 Å². The Bertz CT molecular complexity index is 632. The normalized spacial score (nSPS) is 15.4. The van der Waals surface area contributed by atoms with Gasteiger partial charge in [-0.1, -0.05) is 26.0 Å². The molecule has 0 saturated carbocycles. The average Bonchev–Trinajstić information content (AvgIpc) is 2.77. The topological polar surface area (TPSA) is 52.1 Å². The summed E-state index contributed by atoms with van der Waals surface area (Å²) in [5, 5.41) is 6.85. The van der Waals surface area contributed by atoms with Crippen LogP contribution in [0.25, 0.3) is 0 Å². The van der Waals surface area contributed by atoms with Gasteiger partial charge in [0.2, 0.25) is 0 Å². The van der Waals surface area contributed by atoms with Gasteiger partial charge in [0.25, 0.3) is 0 Å². The fraction of sp³-hybridized carbons (Fsp3) is 0.708. The Hall–Kier alpha value is -1.06. The van der Waals surface area contributed by atoms with E-state index in [2.05, 4.69) is 66.3 Å². The van der Waals surface area contributed by atoms with E-state index in [1.807, 2.05) is 0 Å². The zero-order valence-corrected chi connectivity index (χ0v) is 22.4. The van der Waals surface area contributed by atoms with Crippen LogP contribution in [0.2, 0.25) is 0 Å². The summed E-state index contributed by atoms with van der Waals surface area (Å²) >= 11 is 0. The quantitative estimate of drug-likeness (QED) is 0.181. The van der Waals surface area contributed by atoms with Crippen LogP contribution in [-0.2, 0) is 6.54 Å². The molecule has 2 N–H and O–H groups in total. The Morgan fingerprint density at radius 3 is 2.45 bits per heavy atom. The molecule has 2 rings (SSSR count). The largest absolute Gasteiger partial charge is 0.493 e. The third-order valence-electron chi connectivity index (χ3n) is 5.54. The van der Waals surface area contributed by atoms with Crippen LogP contribution in [0.3, 0.4) is 0 Å². The first-order chi connectivity index (χ1) is 14.7. The second-order valence-corrected chi connectivity index (χ2v) is 8.06. The van der Waals surface area contributed by atoms with Crippen molar-refractivity contribution < 1.29 is 4.74 Å². The predicted octanol–water partition coefficient (Wildman–Crippen LogP) is 3.87. The van der Waals surface area contributed by atoms with Gasteiger partial charge in [0.05, 0.1) is 13.2 Å². The number of nitrogens with zero attached hydrogens (tertiary/aromatic N) is 3. The van der Waals surface area contributed by atoms with Crippen molar-refractivity contribution in [1.82, 2.24) is 20.4 Å². The number of benzene rings is 1. The molecule has 0 radical (unpaired) electrons. The van der Waals surface area contributed by atoms with E-state index >= 15 is 0 Å². The number of halogens is 1. The van der Waals surface area contributed by atoms with E-state index in [1.54, 1.807) is 0 Å². The zero-order valence-electron chi connectivity index (χ0n) is 20.1. The van der Waals surface area contributed by atoms with Gasteiger partial charge in [0.1, 0.15) is 5.75 Å². The molecule has 6 nitrogen and oxygen atoms in total. The molecular weight excluding hydrogens is 501 g/mol. The van der Waals surface area contributed by atoms with E-state index in [9.17, 15) is 0 Å². The van der Waals surface area contributed by atoms with Crippen molar-refractivity contribution in [3.05, 3.63) is 29.3 Å². The molecule has 1 aromatic carbocycles. The maximum atomic E-state index is 5.93. The Morgan fingerprint density at radius 1 is 1.03 bits per heavy atom. The van der Waals surface area contributed by atoms with Crippen molar-refractivity contribution in [2.75, 3.05) is 59.0 Å². The molecule has 1 fully saturated rings. The number of rotatable bonds is 12. The van der Waals surface area contributed by atoms with Crippen LogP contribution >= 0.6 is 24.0 Å². The van der Waals surface area contributed by atoms with Crippen LogP contribution in [0.5, 0.6) is 5.75 Å². The standard InChI is InChI=1S/C24H43N5O.HI/c1-5-18-30-23-19-21(4)10-11-22(23)20-27-24(25-6-2)26-12-8-9-13-29-16-14-28(7-3)15-17-29;/h10-11,19H,5-9,12-18,20H2,1-4H3,(H2,25,26,27);1H. The van der Waals surface area contributed by atoms with E-state index in [1.165, 1.54) is 51.3 Å². The number of guanidine groups is 1. The number of nitrogens with one attached hydrogen (secondary N) is 2. The molecule has 0 unspecified atom stereocenters. The van der Waals surface area contributed by atoms with Crippen LogP contribution in [0.4, 0.5) is 0 Å². The second kappa shape index (κ2) is 16.6. The summed E-state index contributed by atoms with van der Waals surface area (Å²) in [4.78, 5) is 9.92. The molecule has 1 aliphatic rings. The summed E-state index contributed by atoms with van der Waals surface area (Å²) in [6.45, 7) is 19.0. The van der Waals surface area contributed by atoms with Gasteiger partial charge in [-0.25, -0.2) is 4.99 Å². The smallest absolute Gasteiger partial charge is 0.191 e. The van der Waals surface area contributed by atoms with Crippen molar-refractivity contribution in [2.24, 2.45) is 4.99 Å². The zero-order chi connectivity index (χ0) is 21.6. The predicted molar refractivity (Wildman–Crippen MR) is 143 cm³/mol. The lowest BCUT2D eigenvalue weighted by atomic mass is 10.1. The van der Waals surface area contributed by atoms with Crippen LogP contribution < -0.4 is 15.4 Å². The fourth-order valence-corrected chi connectivity index (χ4v) is 3.64. The maximum absolute atomic E-state index is 5.93. The van der Waals surface area contributed by atoms with Crippen LogP contribution in [0.1, 0.15) is 51.2 Å². The summed E-state index contributed by atoms with van der Waals surface area (Å²) in [5.74, 6) is 1.84. The third kappa shape index (κ3) is 10.9. The second-order valence-electron chi connectivity index (χ2n) is 8.06. The third-order valence-corrected chi connectivity index (χ3v) is 5.54. The summed E-state index contributed by atoms with van der Waals surface area (Å²) in [7, 11) is 0. The first kappa shape index (κ1) is 28.0. The Balaban J connectivity index is 0.00000480. The Kier molecular flexibility index (Phi) is 14.9. The van der Waals surface area contributed by atoms with Crippen LogP contribution in [-0.4, -0.2) is 74.7 Å². The minimum absolute atomic E-state index is 0. The number of ether oxygens (including phenoxy) is 1. The molecule has 0 bridgehead atoms. The van der Waals surface area contributed by atoms with Crippen molar-refractivity contribution in [3.8, 4) is 5.75 Å². The molecule has 0 spiro atoms. The van der Waals surface area contributed by atoms with Crippen molar-refractivity contribution in [2.45, 2.75) is 53.5 Å². The molecule has 0 atom stereocenters. The highest BCUT2D eigenvalue weighted by Crippen LogP contribution is 2.21. The van der Waals surface area contributed by atoms with Gasteiger partial charge in [-0.2, -0.15) is 0 Å². The summed E-state index contributed by atoms with van der Waals surface area (Å²) in [6.07, 6.45) is 3.40. The first-order valence-electron chi connectivity index (χ1n) is 11.9. The highest BCUT2D eigenvalue weighted by atomic mass is 127. The molecule has 1 saturated heterocycles. The lowest BCUT2D eigenvalue weighted by Gasteiger charge is -2.34. The van der Waals surface area contributed by atoms with Gasteiger partial charge in [-0.15, -0.1) is 24.0 Å². The van der Waals surface area contributed by atoms with E-state index in [0.29, 0.717) is 6.54 Å². The summed E-state index contributed by atoms with van der Waals surface area (Å²) in [5.41, 5.74) is 2.35. The molecule has 7 heteroatoms. The Morgan fingerprint density at radius 2 is 1.77 bits per heavy atom. The van der Waals surface area contributed by atoms with Gasteiger partial charge >= 0.3 is 0 Å². The number of hydrogen-bond acceptors (Lipinski definition) is 4. The van der Waals surface area contributed by atoms with E-state index in [0.717, 1.165) is 49.8 Å². The van der Waals surface area contributed by atoms with Gasteiger partial charge in [-0.05, 0) is 57.8 Å². The lowest BCUT2D eigenvalue weighted by molar-refractivity contribution is 0.136. The summed E-state index contributed by atoms with van der Waals surface area (Å²) in [6, 6.07) is 6.37. The SMILES string of the molecule is CCCOc1cc(C)ccc1CN=C(NCC)NCCCCN1CCN(CC)CC1.I. The highest BCUT2D eigenvalue weighted by Gasteiger charge is 2.14. The Labute approximate surface area is 207 Å². The van der Waals surface area contributed by atoms with E-state index in [-0.39, 0.29) is 24.0 Å². The number of aliphatic imine (C=N–C) groups is 1. The molecular formula is C24H44IN5O. The van der Waals surface area contributed by atoms with Crippen LogP contribution in [0.15, 0.2) is 23.2 Å². The lowest BCUT2D eigenvalue weighted by Crippen LogP contribution is -2.46. The molecule has 1 aliphatic heterocycles. The molecule has 0 aromatic heterocycles. The molecule has 1 heterocycles. The minimum atomic E-state index is 0. The van der Waals surface area contributed by atoms with Gasteiger partial charge in [-0.3, -0.25) is 0 Å². The number of unbranched alkanes of at least 4 members (excludes halogenated alkanes) is 1. The number of hydrogen-bond donors (Lipinski definition) is 2. The fourth-order valence-electron chi connectivity index (χ4n) is 3.64. The van der Waals surface area contributed by atoms with E-state index < -0.39 is 0 Å². The molecule has 0 aliphatic carbocycles. The number of piperazine rings is 1. The minimum Gasteiger partial charge on any atom is -0.493 e.